The molecule has 0 saturated carbocycles. The SMILES string of the molecule is O=C(O)OCc1c(F)c(F)c(F)c(F)c1F. The van der Waals surface area contributed by atoms with Crippen LogP contribution in [0.25, 0.3) is 0 Å². The van der Waals surface area contributed by atoms with Crippen LogP contribution in [0, 0.1) is 29.1 Å². The molecule has 3 nitrogen and oxygen atoms in total. The van der Waals surface area contributed by atoms with E-state index in [1.54, 1.807) is 0 Å². The molecular weight excluding hydrogens is 239 g/mol. The maximum atomic E-state index is 12.9. The van der Waals surface area contributed by atoms with Crippen molar-refractivity contribution in [2.45, 2.75) is 6.61 Å². The Balaban J connectivity index is 3.23. The van der Waals surface area contributed by atoms with Crippen molar-refractivity contribution in [3.63, 3.8) is 0 Å². The highest BCUT2D eigenvalue weighted by Gasteiger charge is 2.26. The maximum Gasteiger partial charge on any atom is 0.506 e. The number of halogens is 5. The van der Waals surface area contributed by atoms with Crippen molar-refractivity contribution in [2.24, 2.45) is 0 Å². The number of benzene rings is 1. The van der Waals surface area contributed by atoms with Gasteiger partial charge in [0.15, 0.2) is 23.3 Å². The molecular formula is C8H3F5O3. The topological polar surface area (TPSA) is 46.5 Å². The van der Waals surface area contributed by atoms with Crippen LogP contribution in [-0.2, 0) is 11.3 Å². The van der Waals surface area contributed by atoms with Gasteiger partial charge >= 0.3 is 6.16 Å². The largest absolute Gasteiger partial charge is 0.506 e. The van der Waals surface area contributed by atoms with Gasteiger partial charge in [0.1, 0.15) is 6.61 Å². The minimum atomic E-state index is -2.31. The summed E-state index contributed by atoms with van der Waals surface area (Å²) in [6.07, 6.45) is -1.90. The Kier molecular flexibility index (Phi) is 3.31. The Hall–Kier alpha value is -1.86. The van der Waals surface area contributed by atoms with Crippen molar-refractivity contribution in [3.8, 4) is 0 Å². The Labute approximate surface area is 85.1 Å². The second-order valence-corrected chi connectivity index (χ2v) is 2.60. The van der Waals surface area contributed by atoms with Gasteiger partial charge in [-0.15, -0.1) is 0 Å². The molecule has 0 heterocycles. The fourth-order valence-corrected chi connectivity index (χ4v) is 0.911. The van der Waals surface area contributed by atoms with Gasteiger partial charge in [-0.2, -0.15) is 0 Å². The summed E-state index contributed by atoms with van der Waals surface area (Å²) in [6, 6.07) is 0. The Morgan fingerprint density at radius 3 is 1.69 bits per heavy atom. The first kappa shape index (κ1) is 12.2. The summed E-state index contributed by atoms with van der Waals surface area (Å²) in [5.41, 5.74) is -1.33. The molecule has 16 heavy (non-hydrogen) atoms. The summed E-state index contributed by atoms with van der Waals surface area (Å²) >= 11 is 0. The second kappa shape index (κ2) is 4.33. The number of hydrogen-bond acceptors (Lipinski definition) is 2. The summed E-state index contributed by atoms with van der Waals surface area (Å²) in [5, 5.41) is 8.02. The van der Waals surface area contributed by atoms with Gasteiger partial charge < -0.3 is 9.84 Å². The molecule has 1 aromatic rings. The molecule has 0 fully saturated rings. The molecule has 1 aromatic carbocycles. The van der Waals surface area contributed by atoms with Crippen LogP contribution in [0.1, 0.15) is 5.56 Å². The van der Waals surface area contributed by atoms with E-state index >= 15 is 0 Å². The molecule has 0 radical (unpaired) electrons. The molecule has 0 spiro atoms. The first-order valence-electron chi connectivity index (χ1n) is 3.72. The molecule has 8 heteroatoms. The first-order valence-corrected chi connectivity index (χ1v) is 3.72. The molecule has 1 rings (SSSR count). The lowest BCUT2D eigenvalue weighted by Gasteiger charge is -2.07. The van der Waals surface area contributed by atoms with Crippen molar-refractivity contribution in [1.82, 2.24) is 0 Å². The molecule has 88 valence electrons. The van der Waals surface area contributed by atoms with Crippen LogP contribution in [-0.4, -0.2) is 11.3 Å². The summed E-state index contributed by atoms with van der Waals surface area (Å²) < 4.78 is 67.1. The van der Waals surface area contributed by atoms with Gasteiger partial charge in [0.25, 0.3) is 0 Å². The molecule has 0 aromatic heterocycles. The highest BCUT2D eigenvalue weighted by atomic mass is 19.2. The molecule has 0 aliphatic heterocycles. The van der Waals surface area contributed by atoms with Crippen LogP contribution >= 0.6 is 0 Å². The van der Waals surface area contributed by atoms with E-state index in [0.717, 1.165) is 0 Å². The van der Waals surface area contributed by atoms with Gasteiger partial charge in [0, 0.05) is 0 Å². The van der Waals surface area contributed by atoms with Crippen molar-refractivity contribution in [2.75, 3.05) is 0 Å². The number of ether oxygens (including phenoxy) is 1. The number of carbonyl (C=O) groups is 1. The average molecular weight is 242 g/mol. The minimum Gasteiger partial charge on any atom is -0.450 e. The zero-order valence-corrected chi connectivity index (χ0v) is 7.36. The quantitative estimate of drug-likeness (QED) is 0.375. The molecule has 0 unspecified atom stereocenters. The minimum absolute atomic E-state index is 1.26. The highest BCUT2D eigenvalue weighted by molar-refractivity contribution is 5.56. The maximum absolute atomic E-state index is 12.9. The van der Waals surface area contributed by atoms with Crippen LogP contribution in [0.5, 0.6) is 0 Å². The van der Waals surface area contributed by atoms with Gasteiger partial charge in [-0.05, 0) is 0 Å². The summed E-state index contributed by atoms with van der Waals surface area (Å²) in [5.74, 6) is -10.8. The molecule has 0 aliphatic carbocycles. The zero-order chi connectivity index (χ0) is 12.5. The third-order valence-corrected chi connectivity index (χ3v) is 1.64. The average Bonchev–Trinajstić information content (AvgIpc) is 2.23. The lowest BCUT2D eigenvalue weighted by molar-refractivity contribution is 0.0828. The zero-order valence-electron chi connectivity index (χ0n) is 7.36. The van der Waals surface area contributed by atoms with E-state index in [1.807, 2.05) is 0 Å². The molecule has 0 saturated heterocycles. The van der Waals surface area contributed by atoms with E-state index < -0.39 is 47.4 Å². The number of carboxylic acid groups (broad SMARTS) is 1. The van der Waals surface area contributed by atoms with Crippen LogP contribution in [0.3, 0.4) is 0 Å². The standard InChI is InChI=1S/C8H3F5O3/c9-3-2(1-16-8(14)15)4(10)6(12)7(13)5(3)11/h1H2,(H,14,15). The van der Waals surface area contributed by atoms with Crippen LogP contribution in [0.15, 0.2) is 0 Å². The third kappa shape index (κ3) is 2.05. The van der Waals surface area contributed by atoms with Gasteiger partial charge in [-0.1, -0.05) is 0 Å². The normalized spacial score (nSPS) is 10.3. The van der Waals surface area contributed by atoms with Gasteiger partial charge in [-0.3, -0.25) is 0 Å². The van der Waals surface area contributed by atoms with Crippen LogP contribution in [0.4, 0.5) is 26.7 Å². The van der Waals surface area contributed by atoms with Gasteiger partial charge in [0.2, 0.25) is 5.82 Å². The summed E-state index contributed by atoms with van der Waals surface area (Å²) in [4.78, 5) is 9.90. The molecule has 0 bridgehead atoms. The second-order valence-electron chi connectivity index (χ2n) is 2.60. The lowest BCUT2D eigenvalue weighted by Crippen LogP contribution is -2.10. The van der Waals surface area contributed by atoms with E-state index in [0.29, 0.717) is 0 Å². The summed E-state index contributed by atoms with van der Waals surface area (Å²) in [6.45, 7) is -1.26. The fourth-order valence-electron chi connectivity index (χ4n) is 0.911. The molecule has 1 N–H and O–H groups in total. The summed E-state index contributed by atoms with van der Waals surface area (Å²) in [7, 11) is 0. The van der Waals surface area contributed by atoms with Crippen molar-refractivity contribution in [3.05, 3.63) is 34.6 Å². The predicted octanol–water partition coefficient (Wildman–Crippen LogP) is 2.58. The fraction of sp³-hybridized carbons (Fsp3) is 0.125. The van der Waals surface area contributed by atoms with E-state index in [2.05, 4.69) is 4.74 Å². The van der Waals surface area contributed by atoms with E-state index in [9.17, 15) is 26.7 Å². The van der Waals surface area contributed by atoms with Crippen molar-refractivity contribution in [1.29, 1.82) is 0 Å². The molecule has 0 atom stereocenters. The van der Waals surface area contributed by atoms with E-state index in [-0.39, 0.29) is 0 Å². The number of hydrogen-bond donors (Lipinski definition) is 1. The Morgan fingerprint density at radius 1 is 0.938 bits per heavy atom. The smallest absolute Gasteiger partial charge is 0.450 e. The first-order chi connectivity index (χ1) is 7.36. The van der Waals surface area contributed by atoms with Gasteiger partial charge in [0.05, 0.1) is 5.56 Å². The Morgan fingerprint density at radius 2 is 1.31 bits per heavy atom. The number of rotatable bonds is 2. The monoisotopic (exact) mass is 242 g/mol. The van der Waals surface area contributed by atoms with E-state index in [4.69, 9.17) is 5.11 Å². The predicted molar refractivity (Wildman–Crippen MR) is 39.0 cm³/mol. The molecule has 0 aliphatic rings. The highest BCUT2D eigenvalue weighted by Crippen LogP contribution is 2.23. The van der Waals surface area contributed by atoms with Crippen molar-refractivity contribution >= 4 is 6.16 Å². The van der Waals surface area contributed by atoms with Crippen LogP contribution in [0.2, 0.25) is 0 Å². The van der Waals surface area contributed by atoms with Crippen molar-refractivity contribution < 1.29 is 36.6 Å². The van der Waals surface area contributed by atoms with E-state index in [1.165, 1.54) is 0 Å². The lowest BCUT2D eigenvalue weighted by atomic mass is 10.2. The molecule has 0 amide bonds. The third-order valence-electron chi connectivity index (χ3n) is 1.64. The van der Waals surface area contributed by atoms with Crippen LogP contribution < -0.4 is 0 Å². The van der Waals surface area contributed by atoms with Gasteiger partial charge in [-0.25, -0.2) is 26.7 Å². The Bertz CT molecular complexity index is 417.